The molecule has 0 aliphatic carbocycles. The monoisotopic (exact) mass is 503 g/mol. The Labute approximate surface area is 205 Å². The van der Waals surface area contributed by atoms with Crippen LogP contribution >= 0.6 is 35.0 Å². The highest BCUT2D eigenvalue weighted by Crippen LogP contribution is 2.41. The smallest absolute Gasteiger partial charge is 0.332 e. The standard InChI is InChI=1S/C23H19Cl2N3O4S/c1-3-32-21(29)12-20-22(30)26-23(33-20)28-19(16-9-6-14(24)10-17(16)25)11-18(27-28)13-4-7-15(31-2)8-5-13/h4-10,12,19H,3,11H2,1-2H3. The molecule has 0 aromatic heterocycles. The van der Waals surface area contributed by atoms with Crippen molar-refractivity contribution in [3.8, 4) is 5.75 Å². The van der Waals surface area contributed by atoms with Gasteiger partial charge >= 0.3 is 5.97 Å². The van der Waals surface area contributed by atoms with Crippen molar-refractivity contribution in [1.29, 1.82) is 0 Å². The van der Waals surface area contributed by atoms with Gasteiger partial charge < -0.3 is 9.47 Å². The number of rotatable bonds is 5. The fourth-order valence-electron chi connectivity index (χ4n) is 3.45. The quantitative estimate of drug-likeness (QED) is 0.410. The van der Waals surface area contributed by atoms with E-state index in [2.05, 4.69) is 4.99 Å². The Morgan fingerprint density at radius 1 is 1.24 bits per heavy atom. The number of methoxy groups -OCH3 is 1. The summed E-state index contributed by atoms with van der Waals surface area (Å²) in [6.45, 7) is 1.91. The molecule has 10 heteroatoms. The predicted molar refractivity (Wildman–Crippen MR) is 130 cm³/mol. The number of hydrazone groups is 1. The fourth-order valence-corrected chi connectivity index (χ4v) is 4.86. The number of hydrogen-bond acceptors (Lipinski definition) is 7. The molecule has 2 aromatic carbocycles. The maximum Gasteiger partial charge on any atom is 0.332 e. The minimum absolute atomic E-state index is 0.178. The summed E-state index contributed by atoms with van der Waals surface area (Å²) in [7, 11) is 1.61. The Morgan fingerprint density at radius 3 is 2.67 bits per heavy atom. The lowest BCUT2D eigenvalue weighted by Crippen LogP contribution is -2.24. The van der Waals surface area contributed by atoms with Gasteiger partial charge in [-0.2, -0.15) is 10.1 Å². The van der Waals surface area contributed by atoms with Crippen molar-refractivity contribution in [3.63, 3.8) is 0 Å². The SMILES string of the molecule is CCOC(=O)C=C1SC(N2N=C(c3ccc(OC)cc3)CC2c2ccc(Cl)cc2Cl)=NC1=O. The lowest BCUT2D eigenvalue weighted by atomic mass is 9.98. The molecule has 1 unspecified atom stereocenters. The molecule has 4 rings (SSSR count). The van der Waals surface area contributed by atoms with E-state index in [0.29, 0.717) is 21.6 Å². The van der Waals surface area contributed by atoms with E-state index in [-0.39, 0.29) is 17.6 Å². The van der Waals surface area contributed by atoms with Gasteiger partial charge in [-0.1, -0.05) is 29.3 Å². The molecule has 7 nitrogen and oxygen atoms in total. The first kappa shape index (κ1) is 23.4. The molecule has 0 fully saturated rings. The Bertz CT molecular complexity index is 1190. The van der Waals surface area contributed by atoms with Gasteiger partial charge in [0.15, 0.2) is 5.17 Å². The van der Waals surface area contributed by atoms with Gasteiger partial charge in [-0.3, -0.25) is 4.79 Å². The molecule has 0 spiro atoms. The van der Waals surface area contributed by atoms with Gasteiger partial charge in [0.2, 0.25) is 0 Å². The molecule has 0 N–H and O–H groups in total. The predicted octanol–water partition coefficient (Wildman–Crippen LogP) is 5.23. The van der Waals surface area contributed by atoms with Crippen LogP contribution in [0.2, 0.25) is 10.0 Å². The fraction of sp³-hybridized carbons (Fsp3) is 0.217. The Morgan fingerprint density at radius 2 is 2.00 bits per heavy atom. The number of amidine groups is 1. The molecule has 0 saturated carbocycles. The number of hydrogen-bond donors (Lipinski definition) is 0. The number of benzene rings is 2. The average molecular weight is 504 g/mol. The maximum atomic E-state index is 12.4. The van der Waals surface area contributed by atoms with Crippen LogP contribution in [0.5, 0.6) is 5.75 Å². The average Bonchev–Trinajstić information content (AvgIpc) is 3.38. The molecular weight excluding hydrogens is 485 g/mol. The second-order valence-electron chi connectivity index (χ2n) is 7.07. The summed E-state index contributed by atoms with van der Waals surface area (Å²) >= 11 is 13.7. The van der Waals surface area contributed by atoms with E-state index in [4.69, 9.17) is 37.8 Å². The number of aliphatic imine (C=N–C) groups is 1. The van der Waals surface area contributed by atoms with Crippen LogP contribution in [0.1, 0.15) is 30.5 Å². The Hall–Kier alpha value is -2.81. The van der Waals surface area contributed by atoms with Crippen LogP contribution in [0.15, 0.2) is 63.5 Å². The lowest BCUT2D eigenvalue weighted by molar-refractivity contribution is -0.137. The molecule has 1 amide bonds. The highest BCUT2D eigenvalue weighted by Gasteiger charge is 2.37. The number of carbonyl (C=O) groups excluding carboxylic acids is 2. The summed E-state index contributed by atoms with van der Waals surface area (Å²) in [5.41, 5.74) is 2.50. The molecule has 0 radical (unpaired) electrons. The second kappa shape index (κ2) is 9.99. The van der Waals surface area contributed by atoms with E-state index >= 15 is 0 Å². The third kappa shape index (κ3) is 5.08. The second-order valence-corrected chi connectivity index (χ2v) is 8.92. The number of amides is 1. The summed E-state index contributed by atoms with van der Waals surface area (Å²) in [4.78, 5) is 28.6. The van der Waals surface area contributed by atoms with E-state index in [1.165, 1.54) is 0 Å². The van der Waals surface area contributed by atoms with Crippen molar-refractivity contribution in [2.24, 2.45) is 10.1 Å². The van der Waals surface area contributed by atoms with Gasteiger partial charge in [-0.05, 0) is 66.2 Å². The van der Waals surface area contributed by atoms with Gasteiger partial charge in [0, 0.05) is 22.5 Å². The van der Waals surface area contributed by atoms with Gasteiger partial charge in [-0.15, -0.1) is 0 Å². The molecule has 2 aliphatic rings. The van der Waals surface area contributed by atoms with Crippen LogP contribution in [0.25, 0.3) is 0 Å². The van der Waals surface area contributed by atoms with Gasteiger partial charge in [0.1, 0.15) is 5.75 Å². The van der Waals surface area contributed by atoms with Gasteiger partial charge in [0.25, 0.3) is 5.91 Å². The van der Waals surface area contributed by atoms with Crippen molar-refractivity contribution in [2.45, 2.75) is 19.4 Å². The molecule has 170 valence electrons. The van der Waals surface area contributed by atoms with E-state index in [1.807, 2.05) is 30.3 Å². The minimum Gasteiger partial charge on any atom is -0.497 e. The van der Waals surface area contributed by atoms with Crippen molar-refractivity contribution in [2.75, 3.05) is 13.7 Å². The summed E-state index contributed by atoms with van der Waals surface area (Å²) in [6, 6.07) is 12.5. The van der Waals surface area contributed by atoms with E-state index in [0.717, 1.165) is 40.4 Å². The zero-order valence-corrected chi connectivity index (χ0v) is 20.1. The molecule has 1 atom stereocenters. The summed E-state index contributed by atoms with van der Waals surface area (Å²) in [5, 5.41) is 7.81. The van der Waals surface area contributed by atoms with Crippen LogP contribution in [0.3, 0.4) is 0 Å². The van der Waals surface area contributed by atoms with Crippen LogP contribution in [-0.4, -0.2) is 41.5 Å². The molecule has 2 aromatic rings. The maximum absolute atomic E-state index is 12.4. The third-order valence-electron chi connectivity index (χ3n) is 5.00. The van der Waals surface area contributed by atoms with Crippen molar-refractivity contribution >= 4 is 57.7 Å². The van der Waals surface area contributed by atoms with E-state index in [1.54, 1.807) is 31.2 Å². The highest BCUT2D eigenvalue weighted by molar-refractivity contribution is 8.18. The van der Waals surface area contributed by atoms with Crippen LogP contribution in [-0.2, 0) is 14.3 Å². The van der Waals surface area contributed by atoms with Crippen molar-refractivity contribution < 1.29 is 19.1 Å². The zero-order chi connectivity index (χ0) is 23.5. The lowest BCUT2D eigenvalue weighted by Gasteiger charge is -2.23. The summed E-state index contributed by atoms with van der Waals surface area (Å²) < 4.78 is 10.2. The largest absolute Gasteiger partial charge is 0.497 e. The Kier molecular flexibility index (Phi) is 7.07. The molecule has 0 saturated heterocycles. The normalized spacial score (nSPS) is 19.0. The number of nitrogens with zero attached hydrogens (tertiary/aromatic N) is 3. The topological polar surface area (TPSA) is 80.6 Å². The first-order chi connectivity index (χ1) is 15.9. The highest BCUT2D eigenvalue weighted by atomic mass is 35.5. The van der Waals surface area contributed by atoms with Crippen LogP contribution < -0.4 is 4.74 Å². The van der Waals surface area contributed by atoms with Gasteiger partial charge in [-0.25, -0.2) is 9.80 Å². The molecule has 33 heavy (non-hydrogen) atoms. The van der Waals surface area contributed by atoms with Gasteiger partial charge in [0.05, 0.1) is 30.4 Å². The first-order valence-electron chi connectivity index (χ1n) is 10.0. The minimum atomic E-state index is -0.592. The van der Waals surface area contributed by atoms with E-state index < -0.39 is 11.9 Å². The molecule has 0 bridgehead atoms. The van der Waals surface area contributed by atoms with Crippen LogP contribution in [0, 0.1) is 0 Å². The number of esters is 1. The van der Waals surface area contributed by atoms with E-state index in [9.17, 15) is 9.59 Å². The number of halogens is 2. The first-order valence-corrected chi connectivity index (χ1v) is 11.6. The Balaban J connectivity index is 1.69. The summed E-state index contributed by atoms with van der Waals surface area (Å²) in [6.07, 6.45) is 1.68. The van der Waals surface area contributed by atoms with Crippen LogP contribution in [0.4, 0.5) is 0 Å². The number of thioether (sulfide) groups is 1. The molecule has 2 heterocycles. The van der Waals surface area contributed by atoms with Crippen molar-refractivity contribution in [3.05, 3.63) is 74.6 Å². The number of carbonyl (C=O) groups is 2. The number of ether oxygens (including phenoxy) is 2. The van der Waals surface area contributed by atoms with Crippen molar-refractivity contribution in [1.82, 2.24) is 5.01 Å². The third-order valence-corrected chi connectivity index (χ3v) is 6.53. The summed E-state index contributed by atoms with van der Waals surface area (Å²) in [5.74, 6) is -0.371. The molecular formula is C23H19Cl2N3O4S. The molecule has 2 aliphatic heterocycles. The zero-order valence-electron chi connectivity index (χ0n) is 17.7.